The zero-order valence-corrected chi connectivity index (χ0v) is 11.5. The van der Waals surface area contributed by atoms with Crippen LogP contribution in [0.25, 0.3) is 0 Å². The van der Waals surface area contributed by atoms with Crippen molar-refractivity contribution in [2.75, 3.05) is 19.3 Å². The zero-order valence-electron chi connectivity index (χ0n) is 10.6. The summed E-state index contributed by atoms with van der Waals surface area (Å²) in [5.74, 6) is -1.90. The molecule has 1 atom stereocenters. The van der Waals surface area contributed by atoms with Crippen LogP contribution in [0.5, 0.6) is 0 Å². The smallest absolute Gasteiger partial charge is 0.308 e. The average molecular weight is 278 g/mol. The first kappa shape index (κ1) is 14.9. The number of hydrogen-bond acceptors (Lipinski definition) is 4. The molecule has 1 fully saturated rings. The summed E-state index contributed by atoms with van der Waals surface area (Å²) in [4.78, 5) is 24.3. The molecule has 1 amide bonds. The third-order valence-corrected chi connectivity index (χ3v) is 3.68. The van der Waals surface area contributed by atoms with E-state index >= 15 is 0 Å². The van der Waals surface area contributed by atoms with Crippen molar-refractivity contribution in [3.63, 3.8) is 0 Å². The molecular formula is C10H18N2O5S. The van der Waals surface area contributed by atoms with Crippen molar-refractivity contribution in [2.24, 2.45) is 5.92 Å². The van der Waals surface area contributed by atoms with Crippen LogP contribution < -0.4 is 4.72 Å². The summed E-state index contributed by atoms with van der Waals surface area (Å²) in [5, 5.41) is 8.85. The standard InChI is InChI=1S/C10H18N2O5S/c1-10(2,11-18(3,16)17)9(15)12-5-4-7(6-12)8(13)14/h7,11H,4-6H2,1-3H3,(H,13,14). The lowest BCUT2D eigenvalue weighted by molar-refractivity contribution is -0.141. The van der Waals surface area contributed by atoms with Gasteiger partial charge in [-0.05, 0) is 20.3 Å². The molecule has 0 radical (unpaired) electrons. The summed E-state index contributed by atoms with van der Waals surface area (Å²) < 4.78 is 24.6. The van der Waals surface area contributed by atoms with Gasteiger partial charge in [-0.1, -0.05) is 0 Å². The largest absolute Gasteiger partial charge is 0.481 e. The van der Waals surface area contributed by atoms with Gasteiger partial charge in [-0.3, -0.25) is 9.59 Å². The lowest BCUT2D eigenvalue weighted by atomic mass is 10.1. The minimum atomic E-state index is -3.50. The number of carboxylic acid groups (broad SMARTS) is 1. The zero-order chi connectivity index (χ0) is 14.1. The van der Waals surface area contributed by atoms with Crippen LogP contribution in [0.1, 0.15) is 20.3 Å². The Kier molecular flexibility index (Phi) is 4.02. The predicted molar refractivity (Wildman–Crippen MR) is 64.4 cm³/mol. The van der Waals surface area contributed by atoms with Crippen LogP contribution in [0.2, 0.25) is 0 Å². The number of carbonyl (C=O) groups excluding carboxylic acids is 1. The number of rotatable bonds is 4. The molecule has 0 saturated carbocycles. The fourth-order valence-electron chi connectivity index (χ4n) is 2.05. The summed E-state index contributed by atoms with van der Waals surface area (Å²) in [5.41, 5.74) is -1.26. The molecule has 0 aromatic heterocycles. The summed E-state index contributed by atoms with van der Waals surface area (Å²) in [6.07, 6.45) is 1.38. The van der Waals surface area contributed by atoms with Gasteiger partial charge in [0.1, 0.15) is 5.54 Å². The second-order valence-electron chi connectivity index (χ2n) is 5.07. The van der Waals surface area contributed by atoms with Crippen molar-refractivity contribution < 1.29 is 23.1 Å². The maximum absolute atomic E-state index is 12.1. The van der Waals surface area contributed by atoms with Crippen LogP contribution in [0.3, 0.4) is 0 Å². The van der Waals surface area contributed by atoms with Gasteiger partial charge in [0.2, 0.25) is 15.9 Å². The van der Waals surface area contributed by atoms with E-state index in [-0.39, 0.29) is 6.54 Å². The van der Waals surface area contributed by atoms with E-state index in [9.17, 15) is 18.0 Å². The highest BCUT2D eigenvalue weighted by atomic mass is 32.2. The topological polar surface area (TPSA) is 104 Å². The Morgan fingerprint density at radius 3 is 2.33 bits per heavy atom. The van der Waals surface area contributed by atoms with E-state index in [1.165, 1.54) is 18.7 Å². The Balaban J connectivity index is 2.74. The summed E-state index contributed by atoms with van der Waals surface area (Å²) in [6, 6.07) is 0. The minimum absolute atomic E-state index is 0.128. The number of sulfonamides is 1. The Labute approximate surface area is 106 Å². The van der Waals surface area contributed by atoms with Gasteiger partial charge in [0.05, 0.1) is 12.2 Å². The van der Waals surface area contributed by atoms with Crippen LogP contribution in [0.15, 0.2) is 0 Å². The molecule has 1 unspecified atom stereocenters. The molecule has 0 aromatic rings. The molecule has 104 valence electrons. The highest BCUT2D eigenvalue weighted by Gasteiger charge is 2.39. The van der Waals surface area contributed by atoms with Crippen LogP contribution >= 0.6 is 0 Å². The monoisotopic (exact) mass is 278 g/mol. The fraction of sp³-hybridized carbons (Fsp3) is 0.800. The van der Waals surface area contributed by atoms with Crippen molar-refractivity contribution in [1.82, 2.24) is 9.62 Å². The van der Waals surface area contributed by atoms with Crippen molar-refractivity contribution in [1.29, 1.82) is 0 Å². The van der Waals surface area contributed by atoms with E-state index in [4.69, 9.17) is 5.11 Å². The van der Waals surface area contributed by atoms with Crippen LogP contribution in [-0.2, 0) is 19.6 Å². The second kappa shape index (κ2) is 4.85. The van der Waals surface area contributed by atoms with E-state index in [2.05, 4.69) is 4.72 Å². The molecule has 1 rings (SSSR count). The van der Waals surface area contributed by atoms with Gasteiger partial charge in [0.15, 0.2) is 0 Å². The lowest BCUT2D eigenvalue weighted by Gasteiger charge is -2.29. The van der Waals surface area contributed by atoms with E-state index in [1.807, 2.05) is 0 Å². The normalized spacial score (nSPS) is 21.1. The number of carboxylic acids is 1. The van der Waals surface area contributed by atoms with Gasteiger partial charge in [-0.15, -0.1) is 0 Å². The number of carbonyl (C=O) groups is 2. The summed E-state index contributed by atoms with van der Waals surface area (Å²) >= 11 is 0. The van der Waals surface area contributed by atoms with Crippen molar-refractivity contribution in [3.8, 4) is 0 Å². The van der Waals surface area contributed by atoms with Crippen molar-refractivity contribution in [3.05, 3.63) is 0 Å². The first-order valence-electron chi connectivity index (χ1n) is 5.54. The number of amides is 1. The Hall–Kier alpha value is -1.15. The van der Waals surface area contributed by atoms with Crippen LogP contribution in [0.4, 0.5) is 0 Å². The van der Waals surface area contributed by atoms with Crippen LogP contribution in [-0.4, -0.2) is 55.2 Å². The Morgan fingerprint density at radius 2 is 1.94 bits per heavy atom. The molecule has 7 nitrogen and oxygen atoms in total. The molecular weight excluding hydrogens is 260 g/mol. The highest BCUT2D eigenvalue weighted by Crippen LogP contribution is 2.20. The fourth-order valence-corrected chi connectivity index (χ4v) is 3.06. The number of nitrogens with one attached hydrogen (secondary N) is 1. The molecule has 1 aliphatic rings. The van der Waals surface area contributed by atoms with Gasteiger partial charge in [-0.25, -0.2) is 13.1 Å². The van der Waals surface area contributed by atoms with E-state index in [1.54, 1.807) is 0 Å². The number of aliphatic carboxylic acids is 1. The molecule has 1 saturated heterocycles. The SMILES string of the molecule is CC(C)(NS(C)(=O)=O)C(=O)N1CCC(C(=O)O)C1. The molecule has 1 heterocycles. The maximum Gasteiger partial charge on any atom is 0.308 e. The first-order chi connectivity index (χ1) is 8.03. The van der Waals surface area contributed by atoms with Crippen molar-refractivity contribution >= 4 is 21.9 Å². The summed E-state index contributed by atoms with van der Waals surface area (Å²) in [6.45, 7) is 3.39. The Bertz CT molecular complexity index is 457. The third-order valence-electron chi connectivity index (χ3n) is 2.80. The lowest BCUT2D eigenvalue weighted by Crippen LogP contribution is -2.55. The van der Waals surface area contributed by atoms with Gasteiger partial charge >= 0.3 is 5.97 Å². The van der Waals surface area contributed by atoms with E-state index in [0.717, 1.165) is 6.26 Å². The molecule has 2 N–H and O–H groups in total. The summed E-state index contributed by atoms with van der Waals surface area (Å²) in [7, 11) is -3.50. The van der Waals surface area contributed by atoms with E-state index < -0.39 is 33.4 Å². The highest BCUT2D eigenvalue weighted by molar-refractivity contribution is 7.88. The van der Waals surface area contributed by atoms with Gasteiger partial charge < -0.3 is 10.0 Å². The molecule has 1 aliphatic heterocycles. The molecule has 0 spiro atoms. The second-order valence-corrected chi connectivity index (χ2v) is 6.82. The Morgan fingerprint density at radius 1 is 1.39 bits per heavy atom. The minimum Gasteiger partial charge on any atom is -0.481 e. The molecule has 8 heteroatoms. The number of hydrogen-bond donors (Lipinski definition) is 2. The molecule has 0 bridgehead atoms. The van der Waals surface area contributed by atoms with Crippen LogP contribution in [0, 0.1) is 5.92 Å². The van der Waals surface area contributed by atoms with Gasteiger partial charge in [0.25, 0.3) is 0 Å². The van der Waals surface area contributed by atoms with Gasteiger partial charge in [-0.2, -0.15) is 0 Å². The van der Waals surface area contributed by atoms with Crippen molar-refractivity contribution in [2.45, 2.75) is 25.8 Å². The third kappa shape index (κ3) is 3.67. The molecule has 0 aliphatic carbocycles. The predicted octanol–water partition coefficient (Wildman–Crippen LogP) is -0.753. The van der Waals surface area contributed by atoms with Gasteiger partial charge in [0, 0.05) is 13.1 Å². The maximum atomic E-state index is 12.1. The first-order valence-corrected chi connectivity index (χ1v) is 7.43. The van der Waals surface area contributed by atoms with E-state index in [0.29, 0.717) is 13.0 Å². The molecule has 18 heavy (non-hydrogen) atoms. The molecule has 0 aromatic carbocycles. The number of likely N-dealkylation sites (tertiary alicyclic amines) is 1. The number of nitrogens with zero attached hydrogens (tertiary/aromatic N) is 1. The quantitative estimate of drug-likeness (QED) is 0.704. The average Bonchev–Trinajstić information content (AvgIpc) is 2.60.